The molecule has 1 spiro atoms. The van der Waals surface area contributed by atoms with Gasteiger partial charge in [0.05, 0.1) is 6.61 Å². The molecule has 6 nitrogen and oxygen atoms in total. The van der Waals surface area contributed by atoms with Crippen molar-refractivity contribution in [2.75, 3.05) is 31.1 Å². The Morgan fingerprint density at radius 2 is 1.59 bits per heavy atom. The number of hydrogen-bond acceptors (Lipinski definition) is 4. The van der Waals surface area contributed by atoms with E-state index < -0.39 is 0 Å². The number of carbonyl (C=O) groups is 2. The van der Waals surface area contributed by atoms with Crippen LogP contribution < -0.4 is 4.90 Å². The van der Waals surface area contributed by atoms with Gasteiger partial charge in [0.25, 0.3) is 0 Å². The van der Waals surface area contributed by atoms with Gasteiger partial charge in [-0.3, -0.25) is 4.79 Å². The Morgan fingerprint density at radius 1 is 0.971 bits per heavy atom. The Labute approximate surface area is 204 Å². The average Bonchev–Trinajstić information content (AvgIpc) is 3.41. The quantitative estimate of drug-likeness (QED) is 0.578. The highest BCUT2D eigenvalue weighted by atomic mass is 16.6. The van der Waals surface area contributed by atoms with Crippen molar-refractivity contribution in [3.05, 3.63) is 29.8 Å². The summed E-state index contributed by atoms with van der Waals surface area (Å²) in [7, 11) is 0. The fourth-order valence-corrected chi connectivity index (χ4v) is 7.14. The van der Waals surface area contributed by atoms with Gasteiger partial charge in [-0.05, 0) is 82.5 Å². The monoisotopic (exact) mass is 467 g/mol. The smallest absolute Gasteiger partial charge is 0.410 e. The fourth-order valence-electron chi connectivity index (χ4n) is 7.14. The number of nitrogens with zero attached hydrogens (tertiary/aromatic N) is 3. The van der Waals surface area contributed by atoms with Crippen LogP contribution in [-0.2, 0) is 14.9 Å². The molecule has 34 heavy (non-hydrogen) atoms. The van der Waals surface area contributed by atoms with E-state index in [1.54, 1.807) is 6.92 Å². The van der Waals surface area contributed by atoms with Gasteiger partial charge >= 0.3 is 6.09 Å². The highest BCUT2D eigenvalue weighted by molar-refractivity contribution is 5.94. The Kier molecular flexibility index (Phi) is 6.88. The molecule has 3 fully saturated rings. The average molecular weight is 468 g/mol. The molecule has 1 aromatic carbocycles. The summed E-state index contributed by atoms with van der Waals surface area (Å²) in [4.78, 5) is 31.9. The van der Waals surface area contributed by atoms with E-state index in [9.17, 15) is 9.59 Å². The van der Waals surface area contributed by atoms with Crippen molar-refractivity contribution in [3.63, 3.8) is 0 Å². The van der Waals surface area contributed by atoms with E-state index in [2.05, 4.69) is 41.0 Å². The summed E-state index contributed by atoms with van der Waals surface area (Å²) < 4.78 is 5.60. The largest absolute Gasteiger partial charge is 0.449 e. The van der Waals surface area contributed by atoms with Gasteiger partial charge in [0.15, 0.2) is 0 Å². The van der Waals surface area contributed by atoms with Crippen LogP contribution in [0.4, 0.5) is 10.5 Å². The standard InChI is InChI=1S/C28H41N3O3/c1-3-4-19-34-27(33)31-23-11-9-22(10-12-24(31)14-13-23)29-17-15-28(16-18-29)20-30(21(2)32)26-8-6-5-7-25(26)28/h5-8,22-24H,3-4,9-20H2,1-2H3. The van der Waals surface area contributed by atoms with Crippen LogP contribution in [0.5, 0.6) is 0 Å². The Balaban J connectivity index is 1.20. The van der Waals surface area contributed by atoms with E-state index in [0.29, 0.717) is 24.7 Å². The van der Waals surface area contributed by atoms with Gasteiger partial charge < -0.3 is 19.4 Å². The van der Waals surface area contributed by atoms with Crippen molar-refractivity contribution >= 4 is 17.7 Å². The second kappa shape index (κ2) is 9.88. The molecule has 2 atom stereocenters. The molecular formula is C28H41N3O3. The van der Waals surface area contributed by atoms with Crippen LogP contribution in [0.25, 0.3) is 0 Å². The predicted octanol–water partition coefficient (Wildman–Crippen LogP) is 5.10. The summed E-state index contributed by atoms with van der Waals surface area (Å²) in [5.74, 6) is 0.153. The van der Waals surface area contributed by atoms with Crippen molar-refractivity contribution in [2.45, 2.75) is 102 Å². The molecular weight excluding hydrogens is 426 g/mol. The first-order valence-corrected chi connectivity index (χ1v) is 13.6. The minimum atomic E-state index is -0.0748. The van der Waals surface area contributed by atoms with Gasteiger partial charge in [0, 0.05) is 42.7 Å². The molecule has 4 aliphatic heterocycles. The van der Waals surface area contributed by atoms with E-state index in [1.165, 1.54) is 18.4 Å². The first-order valence-electron chi connectivity index (χ1n) is 13.6. The summed E-state index contributed by atoms with van der Waals surface area (Å²) in [6, 6.07) is 9.85. The van der Waals surface area contributed by atoms with Crippen LogP contribution in [0, 0.1) is 0 Å². The number of rotatable bonds is 4. The molecule has 0 aliphatic carbocycles. The van der Waals surface area contributed by atoms with Crippen LogP contribution in [-0.4, -0.2) is 66.2 Å². The van der Waals surface area contributed by atoms with E-state index in [4.69, 9.17) is 4.74 Å². The molecule has 2 unspecified atom stereocenters. The van der Waals surface area contributed by atoms with Gasteiger partial charge in [0.2, 0.25) is 5.91 Å². The molecule has 6 heteroatoms. The maximum atomic E-state index is 12.8. The van der Waals surface area contributed by atoms with Crippen LogP contribution >= 0.6 is 0 Å². The second-order valence-electron chi connectivity index (χ2n) is 11.0. The zero-order valence-corrected chi connectivity index (χ0v) is 21.0. The van der Waals surface area contributed by atoms with Gasteiger partial charge in [-0.2, -0.15) is 0 Å². The van der Waals surface area contributed by atoms with E-state index in [-0.39, 0.29) is 17.4 Å². The molecule has 2 bridgehead atoms. The number of para-hydroxylation sites is 1. The lowest BCUT2D eigenvalue weighted by molar-refractivity contribution is -0.116. The zero-order chi connectivity index (χ0) is 23.7. The molecule has 3 saturated heterocycles. The summed E-state index contributed by atoms with van der Waals surface area (Å²) >= 11 is 0. The van der Waals surface area contributed by atoms with Gasteiger partial charge in [-0.1, -0.05) is 31.5 Å². The Bertz CT molecular complexity index is 879. The van der Waals surface area contributed by atoms with Gasteiger partial charge in [-0.15, -0.1) is 0 Å². The van der Waals surface area contributed by atoms with Gasteiger partial charge in [-0.25, -0.2) is 4.79 Å². The van der Waals surface area contributed by atoms with Crippen molar-refractivity contribution in [1.82, 2.24) is 9.80 Å². The first kappa shape index (κ1) is 23.7. The maximum absolute atomic E-state index is 12.8. The molecule has 4 heterocycles. The van der Waals surface area contributed by atoms with Crippen molar-refractivity contribution in [3.8, 4) is 0 Å². The molecule has 186 valence electrons. The number of ether oxygens (including phenoxy) is 1. The lowest BCUT2D eigenvalue weighted by Gasteiger charge is -2.44. The van der Waals surface area contributed by atoms with E-state index >= 15 is 0 Å². The minimum Gasteiger partial charge on any atom is -0.449 e. The molecule has 0 saturated carbocycles. The third-order valence-electron chi connectivity index (χ3n) is 9.10. The molecule has 0 radical (unpaired) electrons. The molecule has 0 aromatic heterocycles. The van der Waals surface area contributed by atoms with Crippen LogP contribution in [0.1, 0.15) is 83.6 Å². The molecule has 0 N–H and O–H groups in total. The van der Waals surface area contributed by atoms with Crippen molar-refractivity contribution in [1.29, 1.82) is 0 Å². The number of unbranched alkanes of at least 4 members (excludes halogenated alkanes) is 1. The van der Waals surface area contributed by atoms with E-state index in [1.807, 2.05) is 4.90 Å². The lowest BCUT2D eigenvalue weighted by Crippen LogP contribution is -2.50. The number of amides is 2. The minimum absolute atomic E-state index is 0.0748. The number of likely N-dealkylation sites (tertiary alicyclic amines) is 1. The summed E-state index contributed by atoms with van der Waals surface area (Å²) in [5.41, 5.74) is 2.60. The fraction of sp³-hybridized carbons (Fsp3) is 0.714. The first-order chi connectivity index (χ1) is 16.5. The number of benzene rings is 1. The van der Waals surface area contributed by atoms with Crippen LogP contribution in [0.15, 0.2) is 24.3 Å². The SMILES string of the molecule is CCCCOC(=O)N1C2CCC(N3CCC4(CC3)CN(C(C)=O)c3ccccc34)CCC1CC2. The highest BCUT2D eigenvalue weighted by Gasteiger charge is 2.47. The molecule has 2 amide bonds. The third-order valence-corrected chi connectivity index (χ3v) is 9.10. The number of anilines is 1. The van der Waals surface area contributed by atoms with E-state index in [0.717, 1.165) is 76.7 Å². The molecule has 1 aromatic rings. The van der Waals surface area contributed by atoms with Crippen molar-refractivity contribution < 1.29 is 14.3 Å². The van der Waals surface area contributed by atoms with Crippen LogP contribution in [0.2, 0.25) is 0 Å². The highest BCUT2D eigenvalue weighted by Crippen LogP contribution is 2.47. The maximum Gasteiger partial charge on any atom is 0.410 e. The number of carbonyl (C=O) groups excluding carboxylic acids is 2. The summed E-state index contributed by atoms with van der Waals surface area (Å²) in [6.45, 7) is 7.40. The summed E-state index contributed by atoms with van der Waals surface area (Å²) in [6.07, 6.45) is 10.9. The molecule has 5 rings (SSSR count). The summed E-state index contributed by atoms with van der Waals surface area (Å²) in [5, 5.41) is 0. The lowest BCUT2D eigenvalue weighted by atomic mass is 9.74. The predicted molar refractivity (Wildman–Crippen MR) is 134 cm³/mol. The number of fused-ring (bicyclic) bond motifs is 4. The topological polar surface area (TPSA) is 53.1 Å². The molecule has 4 aliphatic rings. The van der Waals surface area contributed by atoms with Gasteiger partial charge in [0.1, 0.15) is 0 Å². The Morgan fingerprint density at radius 3 is 2.21 bits per heavy atom. The Hall–Kier alpha value is -2.08. The normalized spacial score (nSPS) is 28.5. The van der Waals surface area contributed by atoms with Crippen LogP contribution in [0.3, 0.4) is 0 Å². The third kappa shape index (κ3) is 4.34. The second-order valence-corrected chi connectivity index (χ2v) is 11.0. The van der Waals surface area contributed by atoms with Crippen molar-refractivity contribution in [2.24, 2.45) is 0 Å². The number of hydrogen-bond donors (Lipinski definition) is 0. The number of piperidine rings is 1. The zero-order valence-electron chi connectivity index (χ0n) is 21.0.